The maximum Gasteiger partial charge on any atom is 0.150 e. The predicted molar refractivity (Wildman–Crippen MR) is 73.5 cm³/mol. The Morgan fingerprint density at radius 2 is 1.79 bits per heavy atom. The molecule has 0 saturated carbocycles. The fourth-order valence-electron chi connectivity index (χ4n) is 1.48. The summed E-state index contributed by atoms with van der Waals surface area (Å²) >= 11 is 3.29. The molecule has 2 rings (SSSR count). The average Bonchev–Trinajstić information content (AvgIpc) is 2.38. The second-order valence-electron chi connectivity index (χ2n) is 3.64. The highest BCUT2D eigenvalue weighted by molar-refractivity contribution is 9.10. The summed E-state index contributed by atoms with van der Waals surface area (Å²) in [6.45, 7) is 2.58. The van der Waals surface area contributed by atoms with Gasteiger partial charge in [-0.2, -0.15) is 0 Å². The third kappa shape index (κ3) is 2.98. The Morgan fingerprint density at radius 1 is 1.16 bits per heavy atom. The molecule has 0 aliphatic heterocycles. The zero-order chi connectivity index (χ0) is 13.8. The maximum atomic E-state index is 13.5. The number of hydrogen-bond donors (Lipinski definition) is 2. The second kappa shape index (κ2) is 5.92. The van der Waals surface area contributed by atoms with Gasteiger partial charge >= 0.3 is 0 Å². The van der Waals surface area contributed by atoms with Crippen LogP contribution in [0.1, 0.15) is 6.92 Å². The van der Waals surface area contributed by atoms with Crippen LogP contribution >= 0.6 is 15.9 Å². The molecule has 1 heterocycles. The van der Waals surface area contributed by atoms with Gasteiger partial charge < -0.3 is 10.6 Å². The number of rotatable bonds is 4. The molecule has 1 aromatic heterocycles. The second-order valence-corrected chi connectivity index (χ2v) is 4.43. The van der Waals surface area contributed by atoms with Crippen LogP contribution in [0.4, 0.5) is 26.1 Å². The van der Waals surface area contributed by atoms with Crippen molar-refractivity contribution in [2.45, 2.75) is 6.92 Å². The Labute approximate surface area is 117 Å². The van der Waals surface area contributed by atoms with E-state index < -0.39 is 11.6 Å². The summed E-state index contributed by atoms with van der Waals surface area (Å²) in [7, 11) is 0. The number of nitrogens with zero attached hydrogens (tertiary/aromatic N) is 2. The molecule has 0 fully saturated rings. The topological polar surface area (TPSA) is 49.8 Å². The van der Waals surface area contributed by atoms with E-state index in [0.717, 1.165) is 0 Å². The van der Waals surface area contributed by atoms with Crippen LogP contribution in [0.5, 0.6) is 0 Å². The van der Waals surface area contributed by atoms with Crippen molar-refractivity contribution in [2.24, 2.45) is 0 Å². The van der Waals surface area contributed by atoms with E-state index in [4.69, 9.17) is 0 Å². The van der Waals surface area contributed by atoms with Crippen molar-refractivity contribution in [2.75, 3.05) is 17.2 Å². The summed E-state index contributed by atoms with van der Waals surface area (Å²) in [5, 5.41) is 5.63. The number of aromatic nitrogens is 2. The summed E-state index contributed by atoms with van der Waals surface area (Å²) in [4.78, 5) is 7.97. The fourth-order valence-corrected chi connectivity index (χ4v) is 1.93. The first-order chi connectivity index (χ1) is 9.13. The van der Waals surface area contributed by atoms with Gasteiger partial charge in [0.25, 0.3) is 0 Å². The lowest BCUT2D eigenvalue weighted by Gasteiger charge is -2.11. The van der Waals surface area contributed by atoms with E-state index in [-0.39, 0.29) is 11.5 Å². The highest BCUT2D eigenvalue weighted by Crippen LogP contribution is 2.30. The zero-order valence-corrected chi connectivity index (χ0v) is 11.6. The first-order valence-electron chi connectivity index (χ1n) is 5.59. The van der Waals surface area contributed by atoms with Crippen molar-refractivity contribution in [3.63, 3.8) is 0 Å². The summed E-state index contributed by atoms with van der Waals surface area (Å²) < 4.78 is 27.6. The average molecular weight is 329 g/mol. The quantitative estimate of drug-likeness (QED) is 0.898. The van der Waals surface area contributed by atoms with Gasteiger partial charge in [0.15, 0.2) is 0 Å². The van der Waals surface area contributed by atoms with Crippen molar-refractivity contribution >= 4 is 33.3 Å². The van der Waals surface area contributed by atoms with Gasteiger partial charge in [-0.3, -0.25) is 0 Å². The standard InChI is InChI=1S/C12H11BrF2N4/c1-2-16-11-9(13)12(18-6-17-11)19-10-7(14)4-3-5-8(10)15/h3-6H,2H2,1H3,(H2,16,17,18,19). The van der Waals surface area contributed by atoms with Gasteiger partial charge in [0.1, 0.15) is 39.8 Å². The maximum absolute atomic E-state index is 13.5. The highest BCUT2D eigenvalue weighted by atomic mass is 79.9. The summed E-state index contributed by atoms with van der Waals surface area (Å²) in [5.74, 6) is -0.530. The van der Waals surface area contributed by atoms with E-state index in [2.05, 4.69) is 36.5 Å². The molecule has 0 atom stereocenters. The normalized spacial score (nSPS) is 10.3. The molecule has 4 nitrogen and oxygen atoms in total. The van der Waals surface area contributed by atoms with Crippen LogP contribution in [0, 0.1) is 11.6 Å². The van der Waals surface area contributed by atoms with Gasteiger partial charge in [0.2, 0.25) is 0 Å². The van der Waals surface area contributed by atoms with Crippen molar-refractivity contribution in [1.29, 1.82) is 0 Å². The van der Waals surface area contributed by atoms with Crippen molar-refractivity contribution in [1.82, 2.24) is 9.97 Å². The zero-order valence-electron chi connectivity index (χ0n) is 10.0. The third-order valence-electron chi connectivity index (χ3n) is 2.34. The number of nitrogens with one attached hydrogen (secondary N) is 2. The molecule has 7 heteroatoms. The van der Waals surface area contributed by atoms with Gasteiger partial charge in [-0.25, -0.2) is 18.7 Å². The van der Waals surface area contributed by atoms with E-state index in [1.54, 1.807) is 0 Å². The Morgan fingerprint density at radius 3 is 2.42 bits per heavy atom. The van der Waals surface area contributed by atoms with Crippen LogP contribution in [0.15, 0.2) is 29.0 Å². The number of para-hydroxylation sites is 1. The number of halogens is 3. The van der Waals surface area contributed by atoms with E-state index in [1.165, 1.54) is 24.5 Å². The monoisotopic (exact) mass is 328 g/mol. The van der Waals surface area contributed by atoms with Crippen LogP contribution in [0.25, 0.3) is 0 Å². The van der Waals surface area contributed by atoms with E-state index in [9.17, 15) is 8.78 Å². The molecule has 0 amide bonds. The lowest BCUT2D eigenvalue weighted by molar-refractivity contribution is 0.590. The van der Waals surface area contributed by atoms with Gasteiger partial charge in [0, 0.05) is 6.54 Å². The molecule has 0 bridgehead atoms. The first kappa shape index (κ1) is 13.7. The predicted octanol–water partition coefficient (Wildman–Crippen LogP) is 3.69. The Balaban J connectivity index is 2.36. The van der Waals surface area contributed by atoms with Crippen molar-refractivity contribution in [3.05, 3.63) is 40.6 Å². The summed E-state index contributed by atoms with van der Waals surface area (Å²) in [5.41, 5.74) is -0.246. The van der Waals surface area contributed by atoms with Gasteiger partial charge in [0.05, 0.1) is 0 Å². The number of hydrogen-bond acceptors (Lipinski definition) is 4. The lowest BCUT2D eigenvalue weighted by Crippen LogP contribution is -2.05. The molecule has 0 saturated heterocycles. The van der Waals surface area contributed by atoms with E-state index in [1.807, 2.05) is 6.92 Å². The van der Waals surface area contributed by atoms with Crippen LogP contribution in [-0.2, 0) is 0 Å². The Hall–Kier alpha value is -1.76. The third-order valence-corrected chi connectivity index (χ3v) is 3.09. The van der Waals surface area contributed by atoms with Crippen LogP contribution < -0.4 is 10.6 Å². The van der Waals surface area contributed by atoms with Crippen LogP contribution in [0.2, 0.25) is 0 Å². The summed E-state index contributed by atoms with van der Waals surface area (Å²) in [6.07, 6.45) is 1.31. The SMILES string of the molecule is CCNc1ncnc(Nc2c(F)cccc2F)c1Br. The molecule has 2 aromatic rings. The molecule has 2 N–H and O–H groups in total. The van der Waals surface area contributed by atoms with Crippen molar-refractivity contribution in [3.8, 4) is 0 Å². The molecule has 0 radical (unpaired) electrons. The minimum atomic E-state index is -0.685. The van der Waals surface area contributed by atoms with Crippen LogP contribution in [-0.4, -0.2) is 16.5 Å². The smallest absolute Gasteiger partial charge is 0.150 e. The lowest BCUT2D eigenvalue weighted by atomic mass is 10.3. The van der Waals surface area contributed by atoms with Crippen LogP contribution in [0.3, 0.4) is 0 Å². The number of benzene rings is 1. The fraction of sp³-hybridized carbons (Fsp3) is 0.167. The minimum Gasteiger partial charge on any atom is -0.369 e. The largest absolute Gasteiger partial charge is 0.369 e. The Kier molecular flexibility index (Phi) is 4.26. The molecular formula is C12H11BrF2N4. The molecule has 0 aliphatic rings. The number of anilines is 3. The molecule has 100 valence electrons. The molecule has 19 heavy (non-hydrogen) atoms. The molecule has 1 aromatic carbocycles. The first-order valence-corrected chi connectivity index (χ1v) is 6.38. The van der Waals surface area contributed by atoms with Gasteiger partial charge in [-0.1, -0.05) is 6.07 Å². The van der Waals surface area contributed by atoms with Gasteiger partial charge in [-0.05, 0) is 35.0 Å². The Bertz CT molecular complexity index is 572. The van der Waals surface area contributed by atoms with E-state index in [0.29, 0.717) is 16.8 Å². The molecule has 0 unspecified atom stereocenters. The van der Waals surface area contributed by atoms with Gasteiger partial charge in [-0.15, -0.1) is 0 Å². The minimum absolute atomic E-state index is 0.246. The summed E-state index contributed by atoms with van der Waals surface area (Å²) in [6, 6.07) is 3.65. The van der Waals surface area contributed by atoms with E-state index >= 15 is 0 Å². The van der Waals surface area contributed by atoms with Crippen molar-refractivity contribution < 1.29 is 8.78 Å². The highest BCUT2D eigenvalue weighted by Gasteiger charge is 2.13. The molecule has 0 spiro atoms. The molecular weight excluding hydrogens is 318 g/mol. The molecule has 0 aliphatic carbocycles.